The fourth-order valence-corrected chi connectivity index (χ4v) is 2.74. The van der Waals surface area contributed by atoms with E-state index in [9.17, 15) is 8.42 Å². The predicted octanol–water partition coefficient (Wildman–Crippen LogP) is 1.67. The highest BCUT2D eigenvalue weighted by Crippen LogP contribution is 2.19. The molecule has 0 atom stereocenters. The van der Waals surface area contributed by atoms with Gasteiger partial charge in [0.2, 0.25) is 10.0 Å². The number of hydrogen-bond acceptors (Lipinski definition) is 5. The molecular weight excluding hydrogens is 314 g/mol. The highest BCUT2D eigenvalue weighted by atomic mass is 35.5. The number of pyridine rings is 1. The van der Waals surface area contributed by atoms with Gasteiger partial charge in [-0.1, -0.05) is 29.8 Å². The van der Waals surface area contributed by atoms with Gasteiger partial charge < -0.3 is 10.5 Å². The highest BCUT2D eigenvalue weighted by molar-refractivity contribution is 7.89. The fourth-order valence-electron chi connectivity index (χ4n) is 1.52. The van der Waals surface area contributed by atoms with Crippen LogP contribution in [0.5, 0.6) is 5.75 Å². The van der Waals surface area contributed by atoms with Crippen molar-refractivity contribution in [1.82, 2.24) is 9.71 Å². The first-order valence-electron chi connectivity index (χ1n) is 6.07. The lowest BCUT2D eigenvalue weighted by Gasteiger charge is -2.09. The quantitative estimate of drug-likeness (QED) is 0.787. The lowest BCUT2D eigenvalue weighted by molar-refractivity contribution is 0.323. The first kappa shape index (κ1) is 15.6. The Bertz CT molecular complexity index is 708. The SMILES string of the molecule is Nc1ncc(S(=O)(=O)NCCOc2ccccc2)cc1Cl. The fraction of sp³-hybridized carbons (Fsp3) is 0.154. The van der Waals surface area contributed by atoms with Crippen LogP contribution >= 0.6 is 11.6 Å². The second kappa shape index (κ2) is 6.75. The Kier molecular flexibility index (Phi) is 5.00. The van der Waals surface area contributed by atoms with Crippen LogP contribution in [0.25, 0.3) is 0 Å². The molecule has 2 rings (SSSR count). The maximum absolute atomic E-state index is 12.0. The average molecular weight is 328 g/mol. The third-order valence-electron chi connectivity index (χ3n) is 2.56. The van der Waals surface area contributed by atoms with Gasteiger partial charge in [0.05, 0.1) is 5.02 Å². The molecule has 1 aromatic carbocycles. The van der Waals surface area contributed by atoms with E-state index >= 15 is 0 Å². The van der Waals surface area contributed by atoms with Crippen molar-refractivity contribution >= 4 is 27.4 Å². The van der Waals surface area contributed by atoms with E-state index in [-0.39, 0.29) is 28.9 Å². The van der Waals surface area contributed by atoms with Crippen molar-refractivity contribution in [3.05, 3.63) is 47.6 Å². The molecule has 112 valence electrons. The number of nitrogens with two attached hydrogens (primary N) is 1. The van der Waals surface area contributed by atoms with Crippen molar-refractivity contribution < 1.29 is 13.2 Å². The molecule has 21 heavy (non-hydrogen) atoms. The van der Waals surface area contributed by atoms with E-state index in [0.717, 1.165) is 6.20 Å². The number of halogens is 1. The van der Waals surface area contributed by atoms with E-state index in [1.54, 1.807) is 12.1 Å². The molecule has 6 nitrogen and oxygen atoms in total. The zero-order valence-corrected chi connectivity index (χ0v) is 12.6. The Hall–Kier alpha value is -1.83. The molecule has 0 fully saturated rings. The van der Waals surface area contributed by atoms with Gasteiger partial charge in [0, 0.05) is 12.7 Å². The van der Waals surface area contributed by atoms with Crippen LogP contribution in [0, 0.1) is 0 Å². The minimum absolute atomic E-state index is 0.0404. The first-order chi connectivity index (χ1) is 9.99. The molecule has 0 aliphatic carbocycles. The van der Waals surface area contributed by atoms with Gasteiger partial charge in [-0.2, -0.15) is 0 Å². The summed E-state index contributed by atoms with van der Waals surface area (Å²) in [6.45, 7) is 0.332. The second-order valence-corrected chi connectivity index (χ2v) is 6.27. The van der Waals surface area contributed by atoms with Crippen LogP contribution in [0.3, 0.4) is 0 Å². The first-order valence-corrected chi connectivity index (χ1v) is 7.94. The van der Waals surface area contributed by atoms with Gasteiger partial charge in [0.1, 0.15) is 23.1 Å². The topological polar surface area (TPSA) is 94.3 Å². The van der Waals surface area contributed by atoms with E-state index in [4.69, 9.17) is 22.1 Å². The van der Waals surface area contributed by atoms with E-state index in [0.29, 0.717) is 5.75 Å². The van der Waals surface area contributed by atoms with Crippen LogP contribution in [-0.4, -0.2) is 26.6 Å². The van der Waals surface area contributed by atoms with Crippen molar-refractivity contribution in [3.63, 3.8) is 0 Å². The number of hydrogen-bond donors (Lipinski definition) is 2. The van der Waals surface area contributed by atoms with E-state index < -0.39 is 10.0 Å². The number of nitrogens with one attached hydrogen (secondary N) is 1. The lowest BCUT2D eigenvalue weighted by atomic mass is 10.3. The zero-order chi connectivity index (χ0) is 15.3. The molecule has 0 saturated heterocycles. The summed E-state index contributed by atoms with van der Waals surface area (Å²) in [6, 6.07) is 10.4. The largest absolute Gasteiger partial charge is 0.492 e. The van der Waals surface area contributed by atoms with Gasteiger partial charge in [-0.25, -0.2) is 18.1 Å². The summed E-state index contributed by atoms with van der Waals surface area (Å²) in [5.74, 6) is 0.761. The van der Waals surface area contributed by atoms with E-state index in [2.05, 4.69) is 9.71 Å². The molecule has 1 heterocycles. The molecule has 0 aliphatic rings. The summed E-state index contributed by atoms with van der Waals surface area (Å²) < 4.78 is 31.8. The number of para-hydroxylation sites is 1. The molecule has 0 spiro atoms. The van der Waals surface area contributed by atoms with Gasteiger partial charge in [0.25, 0.3) is 0 Å². The van der Waals surface area contributed by atoms with Crippen LogP contribution in [0.4, 0.5) is 5.82 Å². The average Bonchev–Trinajstić information content (AvgIpc) is 2.47. The Morgan fingerprint density at radius 3 is 2.67 bits per heavy atom. The summed E-state index contributed by atoms with van der Waals surface area (Å²) in [5, 5.41) is 0.0958. The summed E-state index contributed by atoms with van der Waals surface area (Å²) in [5.41, 5.74) is 5.44. The Labute approximate surface area is 128 Å². The number of sulfonamides is 1. The number of aromatic nitrogens is 1. The van der Waals surface area contributed by atoms with Gasteiger partial charge in [-0.15, -0.1) is 0 Å². The van der Waals surface area contributed by atoms with Gasteiger partial charge in [-0.3, -0.25) is 0 Å². The standard InChI is InChI=1S/C13H14ClN3O3S/c14-12-8-11(9-16-13(12)15)21(18,19)17-6-7-20-10-4-2-1-3-5-10/h1-5,8-9,17H,6-7H2,(H2,15,16). The third-order valence-corrected chi connectivity index (χ3v) is 4.29. The second-order valence-electron chi connectivity index (χ2n) is 4.10. The molecule has 0 bridgehead atoms. The minimum Gasteiger partial charge on any atom is -0.492 e. The van der Waals surface area contributed by atoms with Crippen LogP contribution in [-0.2, 0) is 10.0 Å². The molecule has 3 N–H and O–H groups in total. The minimum atomic E-state index is -3.69. The molecule has 1 aromatic heterocycles. The molecule has 0 saturated carbocycles. The molecule has 0 aliphatic heterocycles. The van der Waals surface area contributed by atoms with Crippen LogP contribution in [0.2, 0.25) is 5.02 Å². The molecular formula is C13H14ClN3O3S. The van der Waals surface area contributed by atoms with Crippen LogP contribution in [0.15, 0.2) is 47.5 Å². The summed E-state index contributed by atoms with van der Waals surface area (Å²) in [7, 11) is -3.69. The Morgan fingerprint density at radius 2 is 2.00 bits per heavy atom. The van der Waals surface area contributed by atoms with Crippen molar-refractivity contribution in [1.29, 1.82) is 0 Å². The van der Waals surface area contributed by atoms with Gasteiger partial charge >= 0.3 is 0 Å². The molecule has 0 radical (unpaired) electrons. The lowest BCUT2D eigenvalue weighted by Crippen LogP contribution is -2.28. The number of benzene rings is 1. The summed E-state index contributed by atoms with van der Waals surface area (Å²) in [6.07, 6.45) is 1.15. The third kappa shape index (κ3) is 4.32. The van der Waals surface area contributed by atoms with Crippen LogP contribution in [0.1, 0.15) is 0 Å². The molecule has 8 heteroatoms. The van der Waals surface area contributed by atoms with Crippen molar-refractivity contribution in [2.45, 2.75) is 4.90 Å². The normalized spacial score (nSPS) is 11.3. The number of anilines is 1. The number of nitrogens with zero attached hydrogens (tertiary/aromatic N) is 1. The zero-order valence-electron chi connectivity index (χ0n) is 11.0. The number of ether oxygens (including phenoxy) is 1. The Balaban J connectivity index is 1.91. The van der Waals surface area contributed by atoms with Crippen molar-refractivity contribution in [3.8, 4) is 5.75 Å². The van der Waals surface area contributed by atoms with E-state index in [1.165, 1.54) is 6.07 Å². The maximum Gasteiger partial charge on any atom is 0.242 e. The number of rotatable bonds is 6. The monoisotopic (exact) mass is 327 g/mol. The van der Waals surface area contributed by atoms with Gasteiger partial charge in [0.15, 0.2) is 0 Å². The van der Waals surface area contributed by atoms with Gasteiger partial charge in [-0.05, 0) is 18.2 Å². The summed E-state index contributed by atoms with van der Waals surface area (Å²) >= 11 is 5.76. The Morgan fingerprint density at radius 1 is 1.29 bits per heavy atom. The highest BCUT2D eigenvalue weighted by Gasteiger charge is 2.15. The van der Waals surface area contributed by atoms with Crippen molar-refractivity contribution in [2.24, 2.45) is 0 Å². The maximum atomic E-state index is 12.0. The summed E-state index contributed by atoms with van der Waals surface area (Å²) in [4.78, 5) is 3.68. The smallest absolute Gasteiger partial charge is 0.242 e. The van der Waals surface area contributed by atoms with Crippen molar-refractivity contribution in [2.75, 3.05) is 18.9 Å². The van der Waals surface area contributed by atoms with E-state index in [1.807, 2.05) is 18.2 Å². The number of nitrogen functional groups attached to an aromatic ring is 1. The molecule has 0 amide bonds. The molecule has 2 aromatic rings. The predicted molar refractivity (Wildman–Crippen MR) is 80.8 cm³/mol. The van der Waals surface area contributed by atoms with Crippen LogP contribution < -0.4 is 15.2 Å². The molecule has 0 unspecified atom stereocenters.